The molecule has 1 aliphatic rings. The Hall–Kier alpha value is -4.06. The van der Waals surface area contributed by atoms with Crippen LogP contribution in [0, 0.1) is 12.8 Å². The van der Waals surface area contributed by atoms with Gasteiger partial charge >= 0.3 is 0 Å². The molecule has 1 unspecified atom stereocenters. The predicted octanol–water partition coefficient (Wildman–Crippen LogP) is 5.66. The highest BCUT2D eigenvalue weighted by atomic mass is 16.5. The van der Waals surface area contributed by atoms with E-state index < -0.39 is 17.7 Å². The third kappa shape index (κ3) is 4.92. The Kier molecular flexibility index (Phi) is 6.92. The van der Waals surface area contributed by atoms with Gasteiger partial charge < -0.3 is 14.6 Å². The standard InChI is InChI=1S/C29H29NO5/c1-18(2)17-35-23-14-10-20(11-15-23)26-25(27(31)21-6-5-7-24(16-21)34-4)28(32)29(33)30(26)22-12-8-19(3)9-13-22/h5-16,18,26,31H,17H2,1-4H3/b27-25-. The zero-order valence-electron chi connectivity index (χ0n) is 20.3. The summed E-state index contributed by atoms with van der Waals surface area (Å²) in [6, 6.07) is 20.6. The Labute approximate surface area is 205 Å². The van der Waals surface area contributed by atoms with Gasteiger partial charge in [0.15, 0.2) is 0 Å². The Balaban J connectivity index is 1.85. The molecule has 0 saturated carbocycles. The molecule has 1 atom stereocenters. The van der Waals surface area contributed by atoms with Crippen molar-refractivity contribution in [3.8, 4) is 11.5 Å². The number of rotatable bonds is 7. The molecule has 1 aliphatic heterocycles. The van der Waals surface area contributed by atoms with Gasteiger partial charge in [0, 0.05) is 11.3 Å². The van der Waals surface area contributed by atoms with E-state index in [0.717, 1.165) is 5.56 Å². The number of benzene rings is 3. The lowest BCUT2D eigenvalue weighted by Gasteiger charge is -2.25. The molecule has 0 aliphatic carbocycles. The quantitative estimate of drug-likeness (QED) is 0.273. The molecule has 180 valence electrons. The number of hydrogen-bond donors (Lipinski definition) is 1. The van der Waals surface area contributed by atoms with Crippen LogP contribution in [-0.4, -0.2) is 30.5 Å². The van der Waals surface area contributed by atoms with Crippen molar-refractivity contribution in [3.63, 3.8) is 0 Å². The molecule has 1 amide bonds. The van der Waals surface area contributed by atoms with Crippen LogP contribution in [0.15, 0.2) is 78.4 Å². The van der Waals surface area contributed by atoms with Crippen molar-refractivity contribution in [2.45, 2.75) is 26.8 Å². The molecule has 3 aromatic carbocycles. The second-order valence-electron chi connectivity index (χ2n) is 9.01. The SMILES string of the molecule is COc1cccc(/C(O)=C2/C(=O)C(=O)N(c3ccc(C)cc3)C2c2ccc(OCC(C)C)cc2)c1. The van der Waals surface area contributed by atoms with Crippen LogP contribution in [0.25, 0.3) is 5.76 Å². The topological polar surface area (TPSA) is 76.1 Å². The second-order valence-corrected chi connectivity index (χ2v) is 9.01. The summed E-state index contributed by atoms with van der Waals surface area (Å²) in [5.41, 5.74) is 2.72. The van der Waals surface area contributed by atoms with E-state index >= 15 is 0 Å². The fraction of sp³-hybridized carbons (Fsp3) is 0.241. The number of aliphatic hydroxyl groups is 1. The van der Waals surface area contributed by atoms with Gasteiger partial charge in [-0.25, -0.2) is 0 Å². The van der Waals surface area contributed by atoms with E-state index in [1.807, 2.05) is 43.3 Å². The minimum absolute atomic E-state index is 0.0275. The highest BCUT2D eigenvalue weighted by molar-refractivity contribution is 6.51. The van der Waals surface area contributed by atoms with E-state index in [4.69, 9.17) is 9.47 Å². The number of anilines is 1. The number of carbonyl (C=O) groups excluding carboxylic acids is 2. The maximum absolute atomic E-state index is 13.3. The molecule has 1 saturated heterocycles. The number of Topliss-reactive ketones (excluding diaryl/α,β-unsaturated/α-hetero) is 1. The van der Waals surface area contributed by atoms with Gasteiger partial charge in [-0.1, -0.05) is 55.8 Å². The van der Waals surface area contributed by atoms with Crippen LogP contribution in [0.2, 0.25) is 0 Å². The number of methoxy groups -OCH3 is 1. The van der Waals surface area contributed by atoms with Crippen LogP contribution >= 0.6 is 0 Å². The van der Waals surface area contributed by atoms with E-state index in [2.05, 4.69) is 13.8 Å². The van der Waals surface area contributed by atoms with Crippen LogP contribution in [0.4, 0.5) is 5.69 Å². The molecule has 1 fully saturated rings. The van der Waals surface area contributed by atoms with Crippen molar-refractivity contribution in [1.29, 1.82) is 0 Å². The maximum Gasteiger partial charge on any atom is 0.300 e. The first-order valence-corrected chi connectivity index (χ1v) is 11.5. The second kappa shape index (κ2) is 10.1. The van der Waals surface area contributed by atoms with E-state index in [1.165, 1.54) is 12.0 Å². The third-order valence-electron chi connectivity index (χ3n) is 5.88. The summed E-state index contributed by atoms with van der Waals surface area (Å²) in [7, 11) is 1.53. The molecule has 6 nitrogen and oxygen atoms in total. The Bertz CT molecular complexity index is 1260. The number of hydrogen-bond acceptors (Lipinski definition) is 5. The maximum atomic E-state index is 13.3. The van der Waals surface area contributed by atoms with Gasteiger partial charge in [-0.3, -0.25) is 14.5 Å². The summed E-state index contributed by atoms with van der Waals surface area (Å²) >= 11 is 0. The lowest BCUT2D eigenvalue weighted by Crippen LogP contribution is -2.29. The number of ether oxygens (including phenoxy) is 2. The first kappa shape index (κ1) is 24.1. The van der Waals surface area contributed by atoms with Gasteiger partial charge in [0.2, 0.25) is 0 Å². The molecular weight excluding hydrogens is 442 g/mol. The van der Waals surface area contributed by atoms with Gasteiger partial charge in [0.1, 0.15) is 17.3 Å². The van der Waals surface area contributed by atoms with Crippen molar-refractivity contribution in [2.24, 2.45) is 5.92 Å². The van der Waals surface area contributed by atoms with Crippen LogP contribution in [0.5, 0.6) is 11.5 Å². The normalized spacial score (nSPS) is 17.2. The largest absolute Gasteiger partial charge is 0.507 e. The molecule has 3 aromatic rings. The van der Waals surface area contributed by atoms with Crippen LogP contribution in [0.1, 0.15) is 36.6 Å². The number of ketones is 1. The first-order valence-electron chi connectivity index (χ1n) is 11.5. The van der Waals surface area contributed by atoms with Crippen molar-refractivity contribution < 1.29 is 24.2 Å². The minimum Gasteiger partial charge on any atom is -0.507 e. The predicted molar refractivity (Wildman–Crippen MR) is 136 cm³/mol. The summed E-state index contributed by atoms with van der Waals surface area (Å²) in [4.78, 5) is 28.0. The zero-order valence-corrected chi connectivity index (χ0v) is 20.3. The third-order valence-corrected chi connectivity index (χ3v) is 5.88. The Morgan fingerprint density at radius 2 is 1.66 bits per heavy atom. The molecule has 1 N–H and O–H groups in total. The van der Waals surface area contributed by atoms with Gasteiger partial charge in [0.25, 0.3) is 11.7 Å². The smallest absolute Gasteiger partial charge is 0.300 e. The van der Waals surface area contributed by atoms with Crippen molar-refractivity contribution >= 4 is 23.1 Å². The summed E-state index contributed by atoms with van der Waals surface area (Å²) < 4.78 is 11.1. The van der Waals surface area contributed by atoms with E-state index in [-0.39, 0.29) is 11.3 Å². The summed E-state index contributed by atoms with van der Waals surface area (Å²) in [6.45, 7) is 6.68. The highest BCUT2D eigenvalue weighted by Crippen LogP contribution is 2.42. The monoisotopic (exact) mass is 471 g/mol. The fourth-order valence-electron chi connectivity index (χ4n) is 4.05. The van der Waals surface area contributed by atoms with Crippen LogP contribution in [-0.2, 0) is 9.59 Å². The molecule has 35 heavy (non-hydrogen) atoms. The molecule has 0 aromatic heterocycles. The molecule has 4 rings (SSSR count). The summed E-state index contributed by atoms with van der Waals surface area (Å²) in [5.74, 6) is -0.0693. The van der Waals surface area contributed by atoms with Crippen LogP contribution in [0.3, 0.4) is 0 Å². The van der Waals surface area contributed by atoms with Crippen LogP contribution < -0.4 is 14.4 Å². The molecule has 0 spiro atoms. The van der Waals surface area contributed by atoms with E-state index in [1.54, 1.807) is 36.4 Å². The average molecular weight is 472 g/mol. The van der Waals surface area contributed by atoms with Gasteiger partial charge in [-0.2, -0.15) is 0 Å². The molecule has 1 heterocycles. The number of nitrogens with zero attached hydrogens (tertiary/aromatic N) is 1. The average Bonchev–Trinajstić information content (AvgIpc) is 3.13. The number of aliphatic hydroxyl groups excluding tert-OH is 1. The van der Waals surface area contributed by atoms with Gasteiger partial charge in [-0.05, 0) is 54.8 Å². The molecule has 0 radical (unpaired) electrons. The van der Waals surface area contributed by atoms with Gasteiger partial charge in [-0.15, -0.1) is 0 Å². The van der Waals surface area contributed by atoms with Crippen molar-refractivity contribution in [2.75, 3.05) is 18.6 Å². The van der Waals surface area contributed by atoms with E-state index in [0.29, 0.717) is 40.8 Å². The lowest BCUT2D eigenvalue weighted by atomic mass is 9.95. The van der Waals surface area contributed by atoms with E-state index in [9.17, 15) is 14.7 Å². The molecular formula is C29H29NO5. The minimum atomic E-state index is -0.803. The first-order chi connectivity index (χ1) is 16.8. The highest BCUT2D eigenvalue weighted by Gasteiger charge is 2.47. The van der Waals surface area contributed by atoms with Crippen molar-refractivity contribution in [1.82, 2.24) is 0 Å². The lowest BCUT2D eigenvalue weighted by molar-refractivity contribution is -0.132. The molecule has 6 heteroatoms. The number of amides is 1. The fourth-order valence-corrected chi connectivity index (χ4v) is 4.05. The Morgan fingerprint density at radius 3 is 2.29 bits per heavy atom. The van der Waals surface area contributed by atoms with Crippen molar-refractivity contribution in [3.05, 3.63) is 95.1 Å². The zero-order chi connectivity index (χ0) is 25.1. The summed E-state index contributed by atoms with van der Waals surface area (Å²) in [5, 5.41) is 11.3. The Morgan fingerprint density at radius 1 is 0.971 bits per heavy atom. The van der Waals surface area contributed by atoms with Gasteiger partial charge in [0.05, 0.1) is 25.3 Å². The molecule has 0 bridgehead atoms. The number of carbonyl (C=O) groups is 2. The number of aryl methyl sites for hydroxylation is 1. The summed E-state index contributed by atoms with van der Waals surface area (Å²) in [6.07, 6.45) is 0.